The highest BCUT2D eigenvalue weighted by atomic mass is 19.2. The van der Waals surface area contributed by atoms with Crippen LogP contribution in [0, 0.1) is 31.3 Å². The van der Waals surface area contributed by atoms with Crippen molar-refractivity contribution in [3.63, 3.8) is 0 Å². The Morgan fingerprint density at radius 1 is 1.00 bits per heavy atom. The van der Waals surface area contributed by atoms with Crippen LogP contribution in [-0.2, 0) is 0 Å². The van der Waals surface area contributed by atoms with Gasteiger partial charge in [0.15, 0.2) is 11.6 Å². The summed E-state index contributed by atoms with van der Waals surface area (Å²) >= 11 is 0. The Bertz CT molecular complexity index is 613. The minimum absolute atomic E-state index is 0.0428. The fourth-order valence-electron chi connectivity index (χ4n) is 1.74. The van der Waals surface area contributed by atoms with E-state index in [2.05, 4.69) is 5.32 Å². The van der Waals surface area contributed by atoms with Crippen LogP contribution in [0.5, 0.6) is 0 Å². The Morgan fingerprint density at radius 3 is 2.32 bits per heavy atom. The summed E-state index contributed by atoms with van der Waals surface area (Å²) in [6.45, 7) is 3.28. The van der Waals surface area contributed by atoms with Gasteiger partial charge in [-0.15, -0.1) is 0 Å². The van der Waals surface area contributed by atoms with Gasteiger partial charge in [-0.1, -0.05) is 6.07 Å². The van der Waals surface area contributed by atoms with Gasteiger partial charge < -0.3 is 11.1 Å². The molecule has 0 aliphatic rings. The Balaban J connectivity index is 2.49. The standard InChI is InChI=1S/C14H13F3N2/c1-7-3-4-11(9(15)5-7)19-14-12(17)10(16)6-8(2)13(14)18/h3-6,19H,18H2,1-2H3. The van der Waals surface area contributed by atoms with Crippen molar-refractivity contribution < 1.29 is 13.2 Å². The largest absolute Gasteiger partial charge is 0.397 e. The third-order valence-electron chi connectivity index (χ3n) is 2.85. The van der Waals surface area contributed by atoms with E-state index in [4.69, 9.17) is 5.73 Å². The van der Waals surface area contributed by atoms with Gasteiger partial charge in [-0.3, -0.25) is 0 Å². The number of anilines is 3. The molecule has 0 aromatic heterocycles. The van der Waals surface area contributed by atoms with Gasteiger partial charge in [0.05, 0.1) is 11.4 Å². The van der Waals surface area contributed by atoms with Gasteiger partial charge in [0.1, 0.15) is 11.5 Å². The molecule has 19 heavy (non-hydrogen) atoms. The van der Waals surface area contributed by atoms with Gasteiger partial charge in [-0.05, 0) is 43.2 Å². The Hall–Kier alpha value is -2.17. The molecule has 0 aliphatic heterocycles. The molecule has 5 heteroatoms. The molecule has 0 radical (unpaired) electrons. The minimum Gasteiger partial charge on any atom is -0.397 e. The number of nitrogens with two attached hydrogens (primary N) is 1. The first-order chi connectivity index (χ1) is 8.90. The van der Waals surface area contributed by atoms with E-state index in [0.29, 0.717) is 5.56 Å². The maximum absolute atomic E-state index is 13.7. The number of aryl methyl sites for hydroxylation is 2. The third kappa shape index (κ3) is 2.50. The second kappa shape index (κ2) is 4.84. The third-order valence-corrected chi connectivity index (χ3v) is 2.85. The molecule has 2 nitrogen and oxygen atoms in total. The zero-order chi connectivity index (χ0) is 14.2. The monoisotopic (exact) mass is 266 g/mol. The zero-order valence-corrected chi connectivity index (χ0v) is 10.5. The summed E-state index contributed by atoms with van der Waals surface area (Å²) in [5, 5.41) is 2.50. The summed E-state index contributed by atoms with van der Waals surface area (Å²) in [4.78, 5) is 0. The second-order valence-corrected chi connectivity index (χ2v) is 4.39. The maximum Gasteiger partial charge on any atom is 0.184 e. The van der Waals surface area contributed by atoms with Crippen LogP contribution in [0.25, 0.3) is 0 Å². The minimum atomic E-state index is -1.12. The first-order valence-corrected chi connectivity index (χ1v) is 5.67. The summed E-state index contributed by atoms with van der Waals surface area (Å²) in [5.41, 5.74) is 6.65. The highest BCUT2D eigenvalue weighted by Gasteiger charge is 2.16. The van der Waals surface area contributed by atoms with Gasteiger partial charge >= 0.3 is 0 Å². The SMILES string of the molecule is Cc1ccc(Nc2c(N)c(C)cc(F)c2F)c(F)c1. The number of benzene rings is 2. The lowest BCUT2D eigenvalue weighted by Crippen LogP contribution is -2.05. The number of hydrogen-bond acceptors (Lipinski definition) is 2. The molecule has 0 bridgehead atoms. The number of nitrogens with one attached hydrogen (secondary N) is 1. The summed E-state index contributed by atoms with van der Waals surface area (Å²) in [7, 11) is 0. The molecule has 2 aromatic carbocycles. The normalized spacial score (nSPS) is 10.6. The van der Waals surface area contributed by atoms with E-state index in [1.807, 2.05) is 0 Å². The molecule has 0 spiro atoms. The molecule has 2 aromatic rings. The predicted octanol–water partition coefficient (Wildman–Crippen LogP) is 4.05. The van der Waals surface area contributed by atoms with E-state index in [0.717, 1.165) is 11.6 Å². The first kappa shape index (κ1) is 13.3. The van der Waals surface area contributed by atoms with E-state index in [-0.39, 0.29) is 17.1 Å². The van der Waals surface area contributed by atoms with Gasteiger partial charge in [-0.25, -0.2) is 13.2 Å². The summed E-state index contributed by atoms with van der Waals surface area (Å²) in [5.74, 6) is -2.70. The van der Waals surface area contributed by atoms with Gasteiger partial charge in [0.2, 0.25) is 0 Å². The molecule has 0 atom stereocenters. The predicted molar refractivity (Wildman–Crippen MR) is 69.9 cm³/mol. The van der Waals surface area contributed by atoms with Crippen molar-refractivity contribution in [2.75, 3.05) is 11.1 Å². The van der Waals surface area contributed by atoms with Crippen LogP contribution >= 0.6 is 0 Å². The molecular formula is C14H13F3N2. The quantitative estimate of drug-likeness (QED) is 0.805. The molecule has 0 aliphatic carbocycles. The van der Waals surface area contributed by atoms with Crippen molar-refractivity contribution in [1.29, 1.82) is 0 Å². The molecule has 0 amide bonds. The van der Waals surface area contributed by atoms with Gasteiger partial charge in [0.25, 0.3) is 0 Å². The van der Waals surface area contributed by atoms with Gasteiger partial charge in [-0.2, -0.15) is 0 Å². The van der Waals surface area contributed by atoms with Crippen LogP contribution in [0.3, 0.4) is 0 Å². The molecule has 3 N–H and O–H groups in total. The Kier molecular flexibility index (Phi) is 3.38. The Morgan fingerprint density at radius 2 is 1.68 bits per heavy atom. The molecular weight excluding hydrogens is 253 g/mol. The summed E-state index contributed by atoms with van der Waals surface area (Å²) < 4.78 is 40.7. The van der Waals surface area contributed by atoms with Crippen LogP contribution in [0.2, 0.25) is 0 Å². The molecule has 2 rings (SSSR count). The molecule has 0 unspecified atom stereocenters. The Labute approximate surface area is 109 Å². The topological polar surface area (TPSA) is 38.0 Å². The molecule has 0 heterocycles. The number of hydrogen-bond donors (Lipinski definition) is 2. The van der Waals surface area contributed by atoms with Crippen molar-refractivity contribution >= 4 is 17.1 Å². The molecule has 0 saturated heterocycles. The van der Waals surface area contributed by atoms with Crippen LogP contribution in [-0.4, -0.2) is 0 Å². The molecule has 0 fully saturated rings. The fraction of sp³-hybridized carbons (Fsp3) is 0.143. The van der Waals surface area contributed by atoms with Crippen molar-refractivity contribution in [3.8, 4) is 0 Å². The number of halogens is 3. The molecule has 0 saturated carbocycles. The highest BCUT2D eigenvalue weighted by molar-refractivity contribution is 5.76. The second-order valence-electron chi connectivity index (χ2n) is 4.39. The van der Waals surface area contributed by atoms with Gasteiger partial charge in [0, 0.05) is 0 Å². The zero-order valence-electron chi connectivity index (χ0n) is 10.5. The van der Waals surface area contributed by atoms with Crippen molar-refractivity contribution in [3.05, 3.63) is 52.8 Å². The van der Waals surface area contributed by atoms with Crippen LogP contribution in [0.1, 0.15) is 11.1 Å². The molecule has 100 valence electrons. The lowest BCUT2D eigenvalue weighted by Gasteiger charge is -2.14. The number of rotatable bonds is 2. The summed E-state index contributed by atoms with van der Waals surface area (Å²) in [6.07, 6.45) is 0. The van der Waals surface area contributed by atoms with Crippen molar-refractivity contribution in [1.82, 2.24) is 0 Å². The van der Waals surface area contributed by atoms with E-state index in [1.54, 1.807) is 19.9 Å². The van der Waals surface area contributed by atoms with E-state index >= 15 is 0 Å². The lowest BCUT2D eigenvalue weighted by atomic mass is 10.1. The lowest BCUT2D eigenvalue weighted by molar-refractivity contribution is 0.511. The maximum atomic E-state index is 13.7. The highest BCUT2D eigenvalue weighted by Crippen LogP contribution is 2.32. The fourth-order valence-corrected chi connectivity index (χ4v) is 1.74. The summed E-state index contributed by atoms with van der Waals surface area (Å²) in [6, 6.07) is 5.40. The average molecular weight is 266 g/mol. The van der Waals surface area contributed by atoms with Crippen LogP contribution in [0.15, 0.2) is 24.3 Å². The average Bonchev–Trinajstić information content (AvgIpc) is 2.34. The smallest absolute Gasteiger partial charge is 0.184 e. The van der Waals surface area contributed by atoms with E-state index in [9.17, 15) is 13.2 Å². The van der Waals surface area contributed by atoms with Crippen molar-refractivity contribution in [2.45, 2.75) is 13.8 Å². The van der Waals surface area contributed by atoms with Crippen molar-refractivity contribution in [2.24, 2.45) is 0 Å². The number of nitrogen functional groups attached to an aromatic ring is 1. The van der Waals surface area contributed by atoms with E-state index < -0.39 is 17.5 Å². The van der Waals surface area contributed by atoms with Crippen LogP contribution in [0.4, 0.5) is 30.2 Å². The first-order valence-electron chi connectivity index (χ1n) is 5.67. The van der Waals surface area contributed by atoms with E-state index in [1.165, 1.54) is 12.1 Å². The van der Waals surface area contributed by atoms with Crippen LogP contribution < -0.4 is 11.1 Å².